The fraction of sp³-hybridized carbons (Fsp3) is 0.364. The zero-order valence-electron chi connectivity index (χ0n) is 8.59. The summed E-state index contributed by atoms with van der Waals surface area (Å²) in [5.74, 6) is 0. The molecular weight excluding hydrogens is 272 g/mol. The third-order valence-electron chi connectivity index (χ3n) is 2.16. The summed E-state index contributed by atoms with van der Waals surface area (Å²) >= 11 is 5.25. The Bertz CT molecular complexity index is 453. The van der Waals surface area contributed by atoms with Gasteiger partial charge >= 0.3 is 0 Å². The van der Waals surface area contributed by atoms with Gasteiger partial charge < -0.3 is 5.32 Å². The summed E-state index contributed by atoms with van der Waals surface area (Å²) in [4.78, 5) is 4.58. The van der Waals surface area contributed by atoms with Crippen LogP contribution in [0.2, 0.25) is 0 Å². The first-order valence-corrected chi connectivity index (χ1v) is 6.66. The van der Waals surface area contributed by atoms with Gasteiger partial charge in [-0.15, -0.1) is 11.3 Å². The lowest BCUT2D eigenvalue weighted by molar-refractivity contribution is 0.715. The average Bonchev–Trinajstić information content (AvgIpc) is 2.60. The number of benzene rings is 1. The Morgan fingerprint density at radius 1 is 1.47 bits per heavy atom. The largest absolute Gasteiger partial charge is 0.317 e. The van der Waals surface area contributed by atoms with Gasteiger partial charge in [0.05, 0.1) is 15.2 Å². The van der Waals surface area contributed by atoms with Crippen molar-refractivity contribution in [2.24, 2.45) is 0 Å². The SMILES string of the molecule is CCNCCc1nc2ccc(Br)cc2s1. The molecule has 1 aromatic heterocycles. The van der Waals surface area contributed by atoms with E-state index in [1.165, 1.54) is 9.71 Å². The highest BCUT2D eigenvalue weighted by Gasteiger charge is 2.03. The predicted octanol–water partition coefficient (Wildman–Crippen LogP) is 3.21. The van der Waals surface area contributed by atoms with Gasteiger partial charge in [-0.3, -0.25) is 0 Å². The summed E-state index contributed by atoms with van der Waals surface area (Å²) in [5, 5.41) is 4.52. The first kappa shape index (κ1) is 11.0. The van der Waals surface area contributed by atoms with Crippen LogP contribution in [0.5, 0.6) is 0 Å². The van der Waals surface area contributed by atoms with Crippen molar-refractivity contribution in [3.05, 3.63) is 27.7 Å². The monoisotopic (exact) mass is 284 g/mol. The Morgan fingerprint density at radius 2 is 2.33 bits per heavy atom. The molecule has 1 heterocycles. The molecule has 2 rings (SSSR count). The summed E-state index contributed by atoms with van der Waals surface area (Å²) in [5.41, 5.74) is 1.11. The van der Waals surface area contributed by atoms with E-state index in [2.05, 4.69) is 45.3 Å². The highest BCUT2D eigenvalue weighted by atomic mass is 79.9. The van der Waals surface area contributed by atoms with E-state index in [-0.39, 0.29) is 0 Å². The van der Waals surface area contributed by atoms with Crippen molar-refractivity contribution in [1.29, 1.82) is 0 Å². The summed E-state index contributed by atoms with van der Waals surface area (Å²) in [7, 11) is 0. The van der Waals surface area contributed by atoms with E-state index in [1.54, 1.807) is 11.3 Å². The molecule has 4 heteroatoms. The number of hydrogen-bond donors (Lipinski definition) is 1. The Morgan fingerprint density at radius 3 is 3.13 bits per heavy atom. The van der Waals surface area contributed by atoms with Gasteiger partial charge in [0.2, 0.25) is 0 Å². The van der Waals surface area contributed by atoms with Gasteiger partial charge in [-0.25, -0.2) is 4.98 Å². The summed E-state index contributed by atoms with van der Waals surface area (Å²) in [6, 6.07) is 6.23. The molecule has 0 bridgehead atoms. The smallest absolute Gasteiger partial charge is 0.0951 e. The topological polar surface area (TPSA) is 24.9 Å². The van der Waals surface area contributed by atoms with E-state index in [0.29, 0.717) is 0 Å². The number of likely N-dealkylation sites (N-methyl/N-ethyl adjacent to an activating group) is 1. The number of hydrogen-bond acceptors (Lipinski definition) is 3. The van der Waals surface area contributed by atoms with Crippen LogP contribution in [0.3, 0.4) is 0 Å². The van der Waals surface area contributed by atoms with Crippen LogP contribution in [0, 0.1) is 0 Å². The Hall–Kier alpha value is -0.450. The maximum atomic E-state index is 4.58. The molecule has 2 aromatic rings. The lowest BCUT2D eigenvalue weighted by atomic mass is 10.3. The van der Waals surface area contributed by atoms with Crippen LogP contribution >= 0.6 is 27.3 Å². The highest BCUT2D eigenvalue weighted by Crippen LogP contribution is 2.25. The van der Waals surface area contributed by atoms with Gasteiger partial charge in [0, 0.05) is 17.4 Å². The average molecular weight is 285 g/mol. The second-order valence-electron chi connectivity index (χ2n) is 3.32. The second-order valence-corrected chi connectivity index (χ2v) is 5.35. The minimum atomic E-state index is 1.01. The van der Waals surface area contributed by atoms with Crippen LogP contribution in [0.25, 0.3) is 10.2 Å². The summed E-state index contributed by atoms with van der Waals surface area (Å²) in [6.07, 6.45) is 1.02. The highest BCUT2D eigenvalue weighted by molar-refractivity contribution is 9.10. The number of aromatic nitrogens is 1. The first-order chi connectivity index (χ1) is 7.29. The number of nitrogens with one attached hydrogen (secondary N) is 1. The lowest BCUT2D eigenvalue weighted by Crippen LogP contribution is -2.15. The van der Waals surface area contributed by atoms with Crippen LogP contribution < -0.4 is 5.32 Å². The van der Waals surface area contributed by atoms with Gasteiger partial charge in [0.25, 0.3) is 0 Å². The van der Waals surface area contributed by atoms with Crippen molar-refractivity contribution in [3.63, 3.8) is 0 Å². The van der Waals surface area contributed by atoms with Crippen LogP contribution in [0.15, 0.2) is 22.7 Å². The molecule has 0 aliphatic heterocycles. The minimum absolute atomic E-state index is 1.01. The molecule has 15 heavy (non-hydrogen) atoms. The van der Waals surface area contributed by atoms with Crippen molar-refractivity contribution < 1.29 is 0 Å². The third-order valence-corrected chi connectivity index (χ3v) is 3.73. The molecule has 1 aromatic carbocycles. The number of fused-ring (bicyclic) bond motifs is 1. The van der Waals surface area contributed by atoms with E-state index < -0.39 is 0 Å². The van der Waals surface area contributed by atoms with Gasteiger partial charge in [-0.05, 0) is 24.7 Å². The van der Waals surface area contributed by atoms with E-state index in [0.717, 1.165) is 29.5 Å². The number of nitrogens with zero attached hydrogens (tertiary/aromatic N) is 1. The van der Waals surface area contributed by atoms with Gasteiger partial charge in [-0.1, -0.05) is 22.9 Å². The van der Waals surface area contributed by atoms with Crippen LogP contribution in [0.4, 0.5) is 0 Å². The molecule has 1 N–H and O–H groups in total. The molecule has 2 nitrogen and oxygen atoms in total. The Balaban J connectivity index is 2.16. The van der Waals surface area contributed by atoms with Crippen molar-refractivity contribution in [2.75, 3.05) is 13.1 Å². The maximum Gasteiger partial charge on any atom is 0.0951 e. The standard InChI is InChI=1S/C11H13BrN2S/c1-2-13-6-5-11-14-9-4-3-8(12)7-10(9)15-11/h3-4,7,13H,2,5-6H2,1H3. The van der Waals surface area contributed by atoms with Crippen molar-refractivity contribution in [1.82, 2.24) is 10.3 Å². The fourth-order valence-corrected chi connectivity index (χ4v) is 2.94. The van der Waals surface area contributed by atoms with Gasteiger partial charge in [0.1, 0.15) is 0 Å². The molecule has 0 amide bonds. The Kier molecular flexibility index (Phi) is 3.72. The molecule has 0 spiro atoms. The Labute approximate surface area is 102 Å². The van der Waals surface area contributed by atoms with Crippen LogP contribution in [-0.2, 0) is 6.42 Å². The molecular formula is C11H13BrN2S. The molecule has 0 saturated heterocycles. The maximum absolute atomic E-state index is 4.58. The van der Waals surface area contributed by atoms with E-state index in [4.69, 9.17) is 0 Å². The summed E-state index contributed by atoms with van der Waals surface area (Å²) in [6.45, 7) is 4.16. The molecule has 0 radical (unpaired) electrons. The van der Waals surface area contributed by atoms with Gasteiger partial charge in [-0.2, -0.15) is 0 Å². The minimum Gasteiger partial charge on any atom is -0.317 e. The van der Waals surface area contributed by atoms with E-state index in [9.17, 15) is 0 Å². The quantitative estimate of drug-likeness (QED) is 0.873. The first-order valence-electron chi connectivity index (χ1n) is 5.05. The molecule has 0 fully saturated rings. The fourth-order valence-electron chi connectivity index (χ4n) is 1.43. The number of halogens is 1. The van der Waals surface area contributed by atoms with Crippen LogP contribution in [-0.4, -0.2) is 18.1 Å². The molecule has 0 atom stereocenters. The predicted molar refractivity (Wildman–Crippen MR) is 69.6 cm³/mol. The summed E-state index contributed by atoms with van der Waals surface area (Å²) < 4.78 is 2.38. The number of rotatable bonds is 4. The molecule has 0 aliphatic carbocycles. The lowest BCUT2D eigenvalue weighted by Gasteiger charge is -1.96. The number of thiazole rings is 1. The molecule has 0 unspecified atom stereocenters. The molecule has 0 aliphatic rings. The van der Waals surface area contributed by atoms with Gasteiger partial charge in [0.15, 0.2) is 0 Å². The van der Waals surface area contributed by atoms with Crippen molar-refractivity contribution >= 4 is 37.5 Å². The second kappa shape index (κ2) is 5.05. The van der Waals surface area contributed by atoms with Crippen LogP contribution in [0.1, 0.15) is 11.9 Å². The zero-order valence-corrected chi connectivity index (χ0v) is 11.0. The van der Waals surface area contributed by atoms with E-state index >= 15 is 0 Å². The molecule has 0 saturated carbocycles. The van der Waals surface area contributed by atoms with Crippen molar-refractivity contribution in [3.8, 4) is 0 Å². The normalized spacial score (nSPS) is 11.1. The van der Waals surface area contributed by atoms with E-state index in [1.807, 2.05) is 6.07 Å². The molecule has 80 valence electrons. The zero-order chi connectivity index (χ0) is 10.7. The van der Waals surface area contributed by atoms with Crippen molar-refractivity contribution in [2.45, 2.75) is 13.3 Å². The third kappa shape index (κ3) is 2.77.